The highest BCUT2D eigenvalue weighted by molar-refractivity contribution is 5.01. The van der Waals surface area contributed by atoms with Crippen LogP contribution < -0.4 is 5.32 Å². The number of rotatable bonds is 3. The van der Waals surface area contributed by atoms with Crippen LogP contribution in [-0.2, 0) is 0 Å². The van der Waals surface area contributed by atoms with Crippen LogP contribution in [-0.4, -0.2) is 13.1 Å². The first-order valence-electron chi connectivity index (χ1n) is 4.08. The number of allylic oxidation sites excluding steroid dienone is 1. The number of hydrogen-bond acceptors (Lipinski definition) is 1. The third-order valence-corrected chi connectivity index (χ3v) is 2.23. The van der Waals surface area contributed by atoms with Gasteiger partial charge in [-0.25, -0.2) is 0 Å². The summed E-state index contributed by atoms with van der Waals surface area (Å²) in [6, 6.07) is 0. The molecule has 0 radical (unpaired) electrons. The van der Waals surface area contributed by atoms with Gasteiger partial charge in [0.1, 0.15) is 0 Å². The summed E-state index contributed by atoms with van der Waals surface area (Å²) in [7, 11) is 0. The Labute approximate surface area is 63.5 Å². The lowest BCUT2D eigenvalue weighted by Gasteiger charge is -2.28. The van der Waals surface area contributed by atoms with Gasteiger partial charge in [-0.3, -0.25) is 0 Å². The van der Waals surface area contributed by atoms with Gasteiger partial charge in [0.2, 0.25) is 0 Å². The molecule has 0 saturated carbocycles. The molecule has 1 aliphatic heterocycles. The number of hydrogen-bond donors (Lipinski definition) is 1. The van der Waals surface area contributed by atoms with Crippen LogP contribution in [0.25, 0.3) is 0 Å². The van der Waals surface area contributed by atoms with Gasteiger partial charge in [-0.1, -0.05) is 26.0 Å². The first-order chi connectivity index (χ1) is 4.70. The van der Waals surface area contributed by atoms with Crippen LogP contribution in [0.1, 0.15) is 20.3 Å². The van der Waals surface area contributed by atoms with E-state index in [2.05, 4.69) is 25.7 Å². The average molecular weight is 139 g/mol. The smallest absolute Gasteiger partial charge is 0.000518 e. The van der Waals surface area contributed by atoms with Gasteiger partial charge in [-0.15, -0.1) is 0 Å². The van der Waals surface area contributed by atoms with Crippen molar-refractivity contribution in [2.24, 2.45) is 11.8 Å². The minimum atomic E-state index is 0.667. The number of nitrogens with one attached hydrogen (secondary N) is 1. The molecule has 1 heteroatoms. The first-order valence-corrected chi connectivity index (χ1v) is 4.08. The van der Waals surface area contributed by atoms with E-state index >= 15 is 0 Å². The van der Waals surface area contributed by atoms with Gasteiger partial charge in [-0.05, 0) is 31.3 Å². The molecule has 58 valence electrons. The largest absolute Gasteiger partial charge is 0.316 e. The van der Waals surface area contributed by atoms with Crippen LogP contribution in [0.5, 0.6) is 0 Å². The molecule has 0 atom stereocenters. The third-order valence-electron chi connectivity index (χ3n) is 2.23. The fraction of sp³-hybridized carbons (Fsp3) is 0.778. The molecule has 0 amide bonds. The molecule has 0 aromatic heterocycles. The first kappa shape index (κ1) is 7.80. The van der Waals surface area contributed by atoms with E-state index in [-0.39, 0.29) is 0 Å². The molecule has 1 fully saturated rings. The standard InChI is InChI=1S/C9H17N/c1-7(2)8(3)4-9-5-10-6-9/h7,9-10H,3-6H2,1-2H3. The van der Waals surface area contributed by atoms with Crippen LogP contribution >= 0.6 is 0 Å². The Morgan fingerprint density at radius 2 is 2.20 bits per heavy atom. The average Bonchev–Trinajstić information content (AvgIpc) is 1.77. The molecule has 0 spiro atoms. The van der Waals surface area contributed by atoms with E-state index in [0.29, 0.717) is 5.92 Å². The zero-order chi connectivity index (χ0) is 7.56. The summed E-state index contributed by atoms with van der Waals surface area (Å²) in [5.74, 6) is 1.55. The second-order valence-electron chi connectivity index (χ2n) is 3.54. The van der Waals surface area contributed by atoms with Crippen molar-refractivity contribution < 1.29 is 0 Å². The van der Waals surface area contributed by atoms with Gasteiger partial charge in [0.15, 0.2) is 0 Å². The fourth-order valence-corrected chi connectivity index (χ4v) is 1.10. The van der Waals surface area contributed by atoms with E-state index in [1.165, 1.54) is 25.1 Å². The summed E-state index contributed by atoms with van der Waals surface area (Å²) < 4.78 is 0. The summed E-state index contributed by atoms with van der Waals surface area (Å²) in [5, 5.41) is 3.26. The summed E-state index contributed by atoms with van der Waals surface area (Å²) >= 11 is 0. The van der Waals surface area contributed by atoms with Crippen molar-refractivity contribution >= 4 is 0 Å². The van der Waals surface area contributed by atoms with Gasteiger partial charge in [0.25, 0.3) is 0 Å². The molecule has 1 N–H and O–H groups in total. The minimum Gasteiger partial charge on any atom is -0.316 e. The van der Waals surface area contributed by atoms with Crippen LogP contribution in [0.15, 0.2) is 12.2 Å². The lowest BCUT2D eigenvalue weighted by atomic mass is 9.90. The predicted octanol–water partition coefficient (Wildman–Crippen LogP) is 1.81. The Morgan fingerprint density at radius 3 is 2.50 bits per heavy atom. The Balaban J connectivity index is 2.17. The monoisotopic (exact) mass is 139 g/mol. The normalized spacial score (nSPS) is 19.1. The second kappa shape index (κ2) is 3.20. The van der Waals surface area contributed by atoms with Crippen molar-refractivity contribution in [2.45, 2.75) is 20.3 Å². The van der Waals surface area contributed by atoms with Crippen molar-refractivity contribution in [2.75, 3.05) is 13.1 Å². The molecular weight excluding hydrogens is 122 g/mol. The fourth-order valence-electron chi connectivity index (χ4n) is 1.10. The predicted molar refractivity (Wildman–Crippen MR) is 45.0 cm³/mol. The van der Waals surface area contributed by atoms with Crippen molar-refractivity contribution in [3.05, 3.63) is 12.2 Å². The second-order valence-corrected chi connectivity index (χ2v) is 3.54. The molecule has 0 aliphatic carbocycles. The molecule has 1 nitrogen and oxygen atoms in total. The summed E-state index contributed by atoms with van der Waals surface area (Å²) in [6.07, 6.45) is 1.23. The maximum absolute atomic E-state index is 4.05. The summed E-state index contributed by atoms with van der Waals surface area (Å²) in [4.78, 5) is 0. The van der Waals surface area contributed by atoms with Crippen molar-refractivity contribution in [1.82, 2.24) is 5.32 Å². The third kappa shape index (κ3) is 1.84. The molecule has 0 aromatic carbocycles. The van der Waals surface area contributed by atoms with Crippen molar-refractivity contribution in [3.63, 3.8) is 0 Å². The maximum Gasteiger partial charge on any atom is -0.000518 e. The van der Waals surface area contributed by atoms with Crippen LogP contribution in [0, 0.1) is 11.8 Å². The van der Waals surface area contributed by atoms with Gasteiger partial charge in [0.05, 0.1) is 0 Å². The Kier molecular flexibility index (Phi) is 2.50. The highest BCUT2D eigenvalue weighted by Gasteiger charge is 2.17. The van der Waals surface area contributed by atoms with E-state index < -0.39 is 0 Å². The molecule has 1 rings (SSSR count). The molecule has 1 aliphatic rings. The Hall–Kier alpha value is -0.300. The van der Waals surface area contributed by atoms with E-state index in [1.54, 1.807) is 0 Å². The molecule has 0 unspecified atom stereocenters. The molecule has 10 heavy (non-hydrogen) atoms. The van der Waals surface area contributed by atoms with Crippen molar-refractivity contribution in [3.8, 4) is 0 Å². The van der Waals surface area contributed by atoms with E-state index in [0.717, 1.165) is 5.92 Å². The SMILES string of the molecule is C=C(CC1CNC1)C(C)C. The van der Waals surface area contributed by atoms with Crippen LogP contribution in [0.4, 0.5) is 0 Å². The van der Waals surface area contributed by atoms with Crippen LogP contribution in [0.2, 0.25) is 0 Å². The lowest BCUT2D eigenvalue weighted by molar-refractivity contribution is 0.339. The molecular formula is C9H17N. The quantitative estimate of drug-likeness (QED) is 0.588. The van der Waals surface area contributed by atoms with Gasteiger partial charge < -0.3 is 5.32 Å². The zero-order valence-electron chi connectivity index (χ0n) is 6.98. The van der Waals surface area contributed by atoms with Crippen LogP contribution in [0.3, 0.4) is 0 Å². The van der Waals surface area contributed by atoms with E-state index in [1.807, 2.05) is 0 Å². The highest BCUT2D eigenvalue weighted by atomic mass is 14.9. The topological polar surface area (TPSA) is 12.0 Å². The van der Waals surface area contributed by atoms with E-state index in [9.17, 15) is 0 Å². The Bertz CT molecular complexity index is 123. The lowest BCUT2D eigenvalue weighted by Crippen LogP contribution is -2.42. The van der Waals surface area contributed by atoms with E-state index in [4.69, 9.17) is 0 Å². The molecule has 0 aromatic rings. The molecule has 0 bridgehead atoms. The Morgan fingerprint density at radius 1 is 1.60 bits per heavy atom. The van der Waals surface area contributed by atoms with Gasteiger partial charge in [-0.2, -0.15) is 0 Å². The van der Waals surface area contributed by atoms with Gasteiger partial charge >= 0.3 is 0 Å². The zero-order valence-corrected chi connectivity index (χ0v) is 6.98. The van der Waals surface area contributed by atoms with Crippen molar-refractivity contribution in [1.29, 1.82) is 0 Å². The summed E-state index contributed by atoms with van der Waals surface area (Å²) in [5.41, 5.74) is 1.41. The van der Waals surface area contributed by atoms with Gasteiger partial charge in [0, 0.05) is 0 Å². The molecule has 1 saturated heterocycles. The summed E-state index contributed by atoms with van der Waals surface area (Å²) in [6.45, 7) is 10.9. The maximum atomic E-state index is 4.05. The minimum absolute atomic E-state index is 0.667. The highest BCUT2D eigenvalue weighted by Crippen LogP contribution is 2.19. The molecule has 1 heterocycles.